The van der Waals surface area contributed by atoms with E-state index in [0.717, 1.165) is 18.8 Å². The van der Waals surface area contributed by atoms with E-state index < -0.39 is 10.0 Å². The van der Waals surface area contributed by atoms with Crippen LogP contribution in [-0.2, 0) is 10.0 Å². The van der Waals surface area contributed by atoms with Crippen molar-refractivity contribution in [2.24, 2.45) is 11.8 Å². The summed E-state index contributed by atoms with van der Waals surface area (Å²) in [5, 5.41) is 0. The summed E-state index contributed by atoms with van der Waals surface area (Å²) in [4.78, 5) is 0.246. The Morgan fingerprint density at radius 1 is 1.30 bits per heavy atom. The Balaban J connectivity index is 2.00. The number of anilines is 1. The molecule has 0 aromatic heterocycles. The molecule has 1 aromatic carbocycles. The molecule has 2 rings (SSSR count). The van der Waals surface area contributed by atoms with E-state index in [1.54, 1.807) is 12.1 Å². The van der Waals surface area contributed by atoms with Gasteiger partial charge in [-0.05, 0) is 58.8 Å². The summed E-state index contributed by atoms with van der Waals surface area (Å²) in [5.41, 5.74) is 6.17. The molecular formula is C14H21BrN2O2S. The van der Waals surface area contributed by atoms with Crippen LogP contribution in [0.4, 0.5) is 5.69 Å². The average Bonchev–Trinajstić information content (AvgIpc) is 2.37. The molecular weight excluding hydrogens is 340 g/mol. The highest BCUT2D eigenvalue weighted by Crippen LogP contribution is 2.29. The molecule has 0 radical (unpaired) electrons. The van der Waals surface area contributed by atoms with Gasteiger partial charge in [0, 0.05) is 16.7 Å². The summed E-state index contributed by atoms with van der Waals surface area (Å²) < 4.78 is 27.8. The highest BCUT2D eigenvalue weighted by molar-refractivity contribution is 9.10. The minimum Gasteiger partial charge on any atom is -0.399 e. The van der Waals surface area contributed by atoms with Crippen molar-refractivity contribution in [2.75, 3.05) is 12.3 Å². The smallest absolute Gasteiger partial charge is 0.241 e. The Kier molecular flexibility index (Phi) is 5.09. The first-order chi connectivity index (χ1) is 9.38. The van der Waals surface area contributed by atoms with Crippen molar-refractivity contribution < 1.29 is 8.42 Å². The predicted molar refractivity (Wildman–Crippen MR) is 84.9 cm³/mol. The molecule has 112 valence electrons. The molecule has 0 unspecified atom stereocenters. The number of benzene rings is 1. The van der Waals surface area contributed by atoms with Crippen LogP contribution < -0.4 is 10.5 Å². The van der Waals surface area contributed by atoms with Gasteiger partial charge in [-0.2, -0.15) is 0 Å². The monoisotopic (exact) mass is 360 g/mol. The van der Waals surface area contributed by atoms with Crippen molar-refractivity contribution in [1.82, 2.24) is 4.72 Å². The van der Waals surface area contributed by atoms with Crippen molar-refractivity contribution in [3.8, 4) is 0 Å². The fourth-order valence-corrected chi connectivity index (χ4v) is 4.78. The SMILES string of the molecule is CC1CCC(CNS(=O)(=O)c2ccc(N)cc2Br)CC1. The molecule has 0 amide bonds. The molecule has 1 fully saturated rings. The van der Waals surface area contributed by atoms with Gasteiger partial charge >= 0.3 is 0 Å². The second-order valence-electron chi connectivity index (χ2n) is 5.67. The summed E-state index contributed by atoms with van der Waals surface area (Å²) in [6.45, 7) is 2.78. The number of hydrogen-bond acceptors (Lipinski definition) is 3. The average molecular weight is 361 g/mol. The lowest BCUT2D eigenvalue weighted by Crippen LogP contribution is -2.31. The second-order valence-corrected chi connectivity index (χ2v) is 8.26. The van der Waals surface area contributed by atoms with Gasteiger partial charge in [-0.3, -0.25) is 0 Å². The second kappa shape index (κ2) is 6.45. The molecule has 0 aliphatic heterocycles. The molecule has 1 saturated carbocycles. The van der Waals surface area contributed by atoms with Gasteiger partial charge < -0.3 is 5.73 Å². The van der Waals surface area contributed by atoms with E-state index in [0.29, 0.717) is 22.6 Å². The molecule has 20 heavy (non-hydrogen) atoms. The van der Waals surface area contributed by atoms with Gasteiger partial charge in [0.2, 0.25) is 10.0 Å². The number of hydrogen-bond donors (Lipinski definition) is 2. The van der Waals surface area contributed by atoms with Crippen LogP contribution >= 0.6 is 15.9 Å². The van der Waals surface area contributed by atoms with Gasteiger partial charge in [-0.1, -0.05) is 19.8 Å². The highest BCUT2D eigenvalue weighted by atomic mass is 79.9. The first kappa shape index (κ1) is 15.8. The summed E-state index contributed by atoms with van der Waals surface area (Å²) in [5.74, 6) is 1.22. The van der Waals surface area contributed by atoms with E-state index in [2.05, 4.69) is 27.6 Å². The first-order valence-electron chi connectivity index (χ1n) is 6.93. The fourth-order valence-electron chi connectivity index (χ4n) is 2.57. The van der Waals surface area contributed by atoms with E-state index in [4.69, 9.17) is 5.73 Å². The zero-order chi connectivity index (χ0) is 14.8. The van der Waals surface area contributed by atoms with Crippen molar-refractivity contribution >= 4 is 31.6 Å². The van der Waals surface area contributed by atoms with Crippen LogP contribution in [0.2, 0.25) is 0 Å². The Morgan fingerprint density at radius 2 is 1.95 bits per heavy atom. The van der Waals surface area contributed by atoms with E-state index in [1.807, 2.05) is 0 Å². The third kappa shape index (κ3) is 3.96. The van der Waals surface area contributed by atoms with Crippen LogP contribution in [0.3, 0.4) is 0 Å². The molecule has 4 nitrogen and oxygen atoms in total. The molecule has 6 heteroatoms. The van der Waals surface area contributed by atoms with Crippen LogP contribution in [0.25, 0.3) is 0 Å². The quantitative estimate of drug-likeness (QED) is 0.810. The van der Waals surface area contributed by atoms with Crippen LogP contribution in [0, 0.1) is 11.8 Å². The van der Waals surface area contributed by atoms with Gasteiger partial charge in [0.25, 0.3) is 0 Å². The number of rotatable bonds is 4. The number of sulfonamides is 1. The van der Waals surface area contributed by atoms with Crippen molar-refractivity contribution in [3.05, 3.63) is 22.7 Å². The summed E-state index contributed by atoms with van der Waals surface area (Å²) in [6, 6.07) is 4.74. The van der Waals surface area contributed by atoms with Gasteiger partial charge in [-0.25, -0.2) is 13.1 Å². The van der Waals surface area contributed by atoms with E-state index in [9.17, 15) is 8.42 Å². The summed E-state index contributed by atoms with van der Waals surface area (Å²) in [7, 11) is -3.47. The molecule has 0 spiro atoms. The first-order valence-corrected chi connectivity index (χ1v) is 9.21. The molecule has 0 bridgehead atoms. The lowest BCUT2D eigenvalue weighted by atomic mass is 9.83. The minimum absolute atomic E-state index is 0.246. The van der Waals surface area contributed by atoms with E-state index in [-0.39, 0.29) is 4.90 Å². The lowest BCUT2D eigenvalue weighted by Gasteiger charge is -2.26. The Hall–Kier alpha value is -0.590. The lowest BCUT2D eigenvalue weighted by molar-refractivity contribution is 0.290. The van der Waals surface area contributed by atoms with Crippen molar-refractivity contribution in [2.45, 2.75) is 37.5 Å². The molecule has 1 aliphatic carbocycles. The molecule has 0 heterocycles. The van der Waals surface area contributed by atoms with E-state index in [1.165, 1.54) is 18.9 Å². The number of nitrogens with two attached hydrogens (primary N) is 1. The van der Waals surface area contributed by atoms with Gasteiger partial charge in [0.1, 0.15) is 0 Å². The van der Waals surface area contributed by atoms with Crippen LogP contribution in [-0.4, -0.2) is 15.0 Å². The third-order valence-electron chi connectivity index (χ3n) is 3.94. The molecule has 1 aliphatic rings. The molecule has 3 N–H and O–H groups in total. The fraction of sp³-hybridized carbons (Fsp3) is 0.571. The molecule has 0 saturated heterocycles. The predicted octanol–water partition coefficient (Wildman–Crippen LogP) is 3.14. The van der Waals surface area contributed by atoms with E-state index >= 15 is 0 Å². The minimum atomic E-state index is -3.47. The van der Waals surface area contributed by atoms with Crippen molar-refractivity contribution in [1.29, 1.82) is 0 Å². The standard InChI is InChI=1S/C14H21BrN2O2S/c1-10-2-4-11(5-3-10)9-17-20(18,19)14-7-6-12(16)8-13(14)15/h6-8,10-11,17H,2-5,9,16H2,1H3. The Morgan fingerprint density at radius 3 is 2.55 bits per heavy atom. The highest BCUT2D eigenvalue weighted by Gasteiger charge is 2.22. The number of nitrogens with one attached hydrogen (secondary N) is 1. The summed E-state index contributed by atoms with van der Waals surface area (Å²) in [6.07, 6.45) is 4.59. The maximum atomic E-state index is 12.3. The zero-order valence-electron chi connectivity index (χ0n) is 11.6. The Bertz CT molecular complexity index is 567. The van der Waals surface area contributed by atoms with Crippen molar-refractivity contribution in [3.63, 3.8) is 0 Å². The van der Waals surface area contributed by atoms with Crippen LogP contribution in [0.1, 0.15) is 32.6 Å². The maximum Gasteiger partial charge on any atom is 0.241 e. The maximum absolute atomic E-state index is 12.3. The Labute approximate surface area is 129 Å². The topological polar surface area (TPSA) is 72.2 Å². The molecule has 0 atom stereocenters. The molecule has 1 aromatic rings. The van der Waals surface area contributed by atoms with Gasteiger partial charge in [0.15, 0.2) is 0 Å². The van der Waals surface area contributed by atoms with Gasteiger partial charge in [-0.15, -0.1) is 0 Å². The largest absolute Gasteiger partial charge is 0.399 e. The van der Waals surface area contributed by atoms with Crippen LogP contribution in [0.5, 0.6) is 0 Å². The normalized spacial score (nSPS) is 23.7. The number of halogens is 1. The third-order valence-corrected chi connectivity index (χ3v) is 6.34. The zero-order valence-corrected chi connectivity index (χ0v) is 14.0. The summed E-state index contributed by atoms with van der Waals surface area (Å²) >= 11 is 3.26. The van der Waals surface area contributed by atoms with Crippen LogP contribution in [0.15, 0.2) is 27.6 Å². The number of nitrogen functional groups attached to an aromatic ring is 1. The van der Waals surface area contributed by atoms with Gasteiger partial charge in [0.05, 0.1) is 4.90 Å².